The predicted octanol–water partition coefficient (Wildman–Crippen LogP) is 1.83. The number of nitrogens with one attached hydrogen (secondary N) is 1. The summed E-state index contributed by atoms with van der Waals surface area (Å²) in [6.07, 6.45) is -2.35. The van der Waals surface area contributed by atoms with E-state index in [9.17, 15) is 27.6 Å². The maximum Gasteiger partial charge on any atom is 0.416 e. The van der Waals surface area contributed by atoms with E-state index in [2.05, 4.69) is 5.32 Å². The largest absolute Gasteiger partial charge is 0.416 e. The molecule has 3 aliphatic rings. The van der Waals surface area contributed by atoms with Crippen molar-refractivity contribution in [1.29, 1.82) is 0 Å². The van der Waals surface area contributed by atoms with Crippen molar-refractivity contribution < 1.29 is 27.6 Å². The molecule has 2 heterocycles. The summed E-state index contributed by atoms with van der Waals surface area (Å²) in [5.41, 5.74) is -1.08. The van der Waals surface area contributed by atoms with Crippen molar-refractivity contribution >= 4 is 23.5 Å². The van der Waals surface area contributed by atoms with E-state index >= 15 is 0 Å². The molecule has 1 saturated carbocycles. The van der Waals surface area contributed by atoms with E-state index in [4.69, 9.17) is 0 Å². The number of hydrogen-bond acceptors (Lipinski definition) is 4. The van der Waals surface area contributed by atoms with E-state index in [1.165, 1.54) is 11.0 Å². The first kappa shape index (κ1) is 19.5. The van der Waals surface area contributed by atoms with Gasteiger partial charge in [-0.25, -0.2) is 4.79 Å². The summed E-state index contributed by atoms with van der Waals surface area (Å²) in [5, 5.41) is 2.69. The highest BCUT2D eigenvalue weighted by molar-refractivity contribution is 6.09. The van der Waals surface area contributed by atoms with Gasteiger partial charge in [0.1, 0.15) is 12.1 Å². The lowest BCUT2D eigenvalue weighted by molar-refractivity contribution is -0.140. The molecule has 0 radical (unpaired) electrons. The Hall–Kier alpha value is -2.78. The van der Waals surface area contributed by atoms with Gasteiger partial charge in [-0.05, 0) is 37.5 Å². The molecule has 1 aromatic rings. The molecule has 0 bridgehead atoms. The molecule has 3 fully saturated rings. The Bertz CT molecular complexity index is 845. The zero-order chi connectivity index (χ0) is 20.8. The summed E-state index contributed by atoms with van der Waals surface area (Å²) in [6, 6.07) is 4.56. The van der Waals surface area contributed by atoms with Gasteiger partial charge in [0.25, 0.3) is 5.91 Å². The lowest BCUT2D eigenvalue weighted by Crippen LogP contribution is -2.54. The monoisotopic (exact) mass is 410 g/mol. The molecule has 1 aromatic carbocycles. The zero-order valence-corrected chi connectivity index (χ0v) is 15.7. The smallest absolute Gasteiger partial charge is 0.368 e. The summed E-state index contributed by atoms with van der Waals surface area (Å²) >= 11 is 0. The van der Waals surface area contributed by atoms with E-state index in [0.29, 0.717) is 44.7 Å². The number of piperazine rings is 1. The van der Waals surface area contributed by atoms with Crippen molar-refractivity contribution in [3.63, 3.8) is 0 Å². The molecule has 4 amide bonds. The molecule has 10 heteroatoms. The van der Waals surface area contributed by atoms with Crippen LogP contribution in [0.25, 0.3) is 0 Å². The number of carbonyl (C=O) groups is 3. The highest BCUT2D eigenvalue weighted by atomic mass is 19.4. The molecule has 1 spiro atoms. The third-order valence-corrected chi connectivity index (χ3v) is 5.92. The Kier molecular flexibility index (Phi) is 4.66. The predicted molar refractivity (Wildman–Crippen MR) is 97.1 cm³/mol. The Morgan fingerprint density at radius 2 is 1.79 bits per heavy atom. The summed E-state index contributed by atoms with van der Waals surface area (Å²) in [4.78, 5) is 41.4. The second kappa shape index (κ2) is 6.93. The Morgan fingerprint density at radius 3 is 2.34 bits per heavy atom. The van der Waals surface area contributed by atoms with Gasteiger partial charge in [0.05, 0.1) is 5.56 Å². The van der Waals surface area contributed by atoms with Crippen molar-refractivity contribution in [3.8, 4) is 0 Å². The number of hydrogen-bond donors (Lipinski definition) is 1. The van der Waals surface area contributed by atoms with Crippen molar-refractivity contribution in [2.24, 2.45) is 0 Å². The van der Waals surface area contributed by atoms with E-state index < -0.39 is 23.3 Å². The van der Waals surface area contributed by atoms with Crippen molar-refractivity contribution in [3.05, 3.63) is 29.8 Å². The first-order valence-corrected chi connectivity index (χ1v) is 9.54. The molecule has 29 heavy (non-hydrogen) atoms. The van der Waals surface area contributed by atoms with Gasteiger partial charge >= 0.3 is 12.2 Å². The van der Waals surface area contributed by atoms with E-state index in [0.717, 1.165) is 23.5 Å². The SMILES string of the molecule is O=C(CN1C(=O)NC2(CCC2)C1=O)N1CCN(c2cccc(C(F)(F)F)c2)CC1. The fraction of sp³-hybridized carbons (Fsp3) is 0.526. The van der Waals surface area contributed by atoms with Crippen LogP contribution in [0.5, 0.6) is 0 Å². The van der Waals surface area contributed by atoms with E-state index in [1.807, 2.05) is 0 Å². The van der Waals surface area contributed by atoms with Crippen LogP contribution in [0.4, 0.5) is 23.7 Å². The molecule has 2 saturated heterocycles. The molecule has 2 aliphatic heterocycles. The molecule has 0 aromatic heterocycles. The maximum absolute atomic E-state index is 12.9. The summed E-state index contributed by atoms with van der Waals surface area (Å²) < 4.78 is 38.7. The van der Waals surface area contributed by atoms with Gasteiger partial charge in [0, 0.05) is 31.9 Å². The number of carbonyl (C=O) groups excluding carboxylic acids is 3. The van der Waals surface area contributed by atoms with Gasteiger partial charge in [0.15, 0.2) is 0 Å². The van der Waals surface area contributed by atoms with Crippen LogP contribution < -0.4 is 10.2 Å². The normalized spacial score (nSPS) is 21.4. The van der Waals surface area contributed by atoms with E-state index in [1.54, 1.807) is 11.0 Å². The molecule has 1 N–H and O–H groups in total. The standard InChI is InChI=1S/C19H21F3N4O3/c20-19(21,22)13-3-1-4-14(11-13)24-7-9-25(10-8-24)15(27)12-26-16(28)18(5-2-6-18)23-17(26)29/h1,3-4,11H,2,5-10,12H2,(H,23,29). The van der Waals surface area contributed by atoms with Gasteiger partial charge in [-0.15, -0.1) is 0 Å². The highest BCUT2D eigenvalue weighted by Crippen LogP contribution is 2.37. The third-order valence-electron chi connectivity index (χ3n) is 5.92. The third kappa shape index (κ3) is 3.51. The second-order valence-corrected chi connectivity index (χ2v) is 7.67. The van der Waals surface area contributed by atoms with E-state index in [-0.39, 0.29) is 18.4 Å². The molecule has 7 nitrogen and oxygen atoms in total. The first-order valence-electron chi connectivity index (χ1n) is 9.54. The topological polar surface area (TPSA) is 73.0 Å². The number of rotatable bonds is 3. The molecule has 0 unspecified atom stereocenters. The minimum absolute atomic E-state index is 0.309. The number of anilines is 1. The number of nitrogens with zero attached hydrogens (tertiary/aromatic N) is 3. The van der Waals surface area contributed by atoms with Crippen LogP contribution in [0.3, 0.4) is 0 Å². The number of imide groups is 1. The number of halogens is 3. The number of amides is 4. The highest BCUT2D eigenvalue weighted by Gasteiger charge is 2.55. The minimum atomic E-state index is -4.41. The Labute approximate surface area is 165 Å². The van der Waals surface area contributed by atoms with Gasteiger partial charge in [-0.1, -0.05) is 6.07 Å². The van der Waals surface area contributed by atoms with Crippen molar-refractivity contribution in [1.82, 2.24) is 15.1 Å². The molecule has 0 atom stereocenters. The van der Waals surface area contributed by atoms with Crippen LogP contribution in [0, 0.1) is 0 Å². The quantitative estimate of drug-likeness (QED) is 0.772. The molecule has 1 aliphatic carbocycles. The summed E-state index contributed by atoms with van der Waals surface area (Å²) in [7, 11) is 0. The molecule has 4 rings (SSSR count). The van der Waals surface area contributed by atoms with Crippen LogP contribution in [0.2, 0.25) is 0 Å². The average molecular weight is 410 g/mol. The number of benzene rings is 1. The summed E-state index contributed by atoms with van der Waals surface area (Å²) in [5.74, 6) is -0.682. The molecule has 156 valence electrons. The Balaban J connectivity index is 1.35. The van der Waals surface area contributed by atoms with Gasteiger partial charge in [-0.2, -0.15) is 13.2 Å². The van der Waals surface area contributed by atoms with Gasteiger partial charge in [-0.3, -0.25) is 14.5 Å². The maximum atomic E-state index is 12.9. The fourth-order valence-electron chi connectivity index (χ4n) is 4.02. The van der Waals surface area contributed by atoms with Gasteiger partial charge in [0.2, 0.25) is 5.91 Å². The Morgan fingerprint density at radius 1 is 1.10 bits per heavy atom. The van der Waals surface area contributed by atoms with Crippen LogP contribution in [-0.2, 0) is 15.8 Å². The summed E-state index contributed by atoms with van der Waals surface area (Å²) in [6.45, 7) is 1.05. The molecular formula is C19H21F3N4O3. The first-order chi connectivity index (χ1) is 13.7. The van der Waals surface area contributed by atoms with Crippen LogP contribution in [0.1, 0.15) is 24.8 Å². The number of urea groups is 1. The van der Waals surface area contributed by atoms with Crippen LogP contribution in [0.15, 0.2) is 24.3 Å². The average Bonchev–Trinajstić information content (AvgIpc) is 2.92. The fourth-order valence-corrected chi connectivity index (χ4v) is 4.02. The lowest BCUT2D eigenvalue weighted by atomic mass is 9.77. The minimum Gasteiger partial charge on any atom is -0.368 e. The zero-order valence-electron chi connectivity index (χ0n) is 15.7. The van der Waals surface area contributed by atoms with Gasteiger partial charge < -0.3 is 15.1 Å². The van der Waals surface area contributed by atoms with Crippen LogP contribution in [-0.4, -0.2) is 65.9 Å². The molecular weight excluding hydrogens is 389 g/mol. The second-order valence-electron chi connectivity index (χ2n) is 7.67. The van der Waals surface area contributed by atoms with Crippen molar-refractivity contribution in [2.45, 2.75) is 31.0 Å². The van der Waals surface area contributed by atoms with Crippen LogP contribution >= 0.6 is 0 Å². The van der Waals surface area contributed by atoms with Crippen molar-refractivity contribution in [2.75, 3.05) is 37.6 Å². The number of alkyl halides is 3. The lowest BCUT2D eigenvalue weighted by Gasteiger charge is -2.37.